The van der Waals surface area contributed by atoms with Crippen LogP contribution in [-0.4, -0.2) is 55.9 Å². The standard InChI is InChI=1S/C26H31N3O5S/c1-5-34-16-6-15-29-17(2)22(24(30)27-20-11-13-21(32-3)14-12-20)23(28-26(29)35)18-7-9-19(10-8-18)25(31)33-4/h7-14,23H,5-6,15-16H2,1-4H3,(H,27,30)(H,28,35). The lowest BCUT2D eigenvalue weighted by Gasteiger charge is -2.38. The molecule has 1 unspecified atom stereocenters. The number of rotatable bonds is 10. The second-order valence-corrected chi connectivity index (χ2v) is 8.27. The summed E-state index contributed by atoms with van der Waals surface area (Å²) in [5.41, 5.74) is 3.17. The summed E-state index contributed by atoms with van der Waals surface area (Å²) in [6.45, 7) is 5.72. The number of hydrogen-bond donors (Lipinski definition) is 2. The summed E-state index contributed by atoms with van der Waals surface area (Å²) in [4.78, 5) is 27.3. The number of nitrogens with one attached hydrogen (secondary N) is 2. The Morgan fingerprint density at radius 3 is 2.37 bits per heavy atom. The lowest BCUT2D eigenvalue weighted by atomic mass is 9.93. The molecule has 0 fully saturated rings. The van der Waals surface area contributed by atoms with Gasteiger partial charge in [0.25, 0.3) is 5.91 Å². The molecule has 0 aliphatic carbocycles. The van der Waals surface area contributed by atoms with E-state index in [1.165, 1.54) is 7.11 Å². The van der Waals surface area contributed by atoms with Gasteiger partial charge in [-0.1, -0.05) is 12.1 Å². The summed E-state index contributed by atoms with van der Waals surface area (Å²) >= 11 is 5.66. The number of nitrogens with zero attached hydrogens (tertiary/aromatic N) is 1. The van der Waals surface area contributed by atoms with Crippen LogP contribution in [0.25, 0.3) is 0 Å². The molecule has 35 heavy (non-hydrogen) atoms. The first kappa shape index (κ1) is 26.2. The van der Waals surface area contributed by atoms with E-state index >= 15 is 0 Å². The highest BCUT2D eigenvalue weighted by atomic mass is 32.1. The second-order valence-electron chi connectivity index (χ2n) is 7.88. The topological polar surface area (TPSA) is 89.1 Å². The van der Waals surface area contributed by atoms with Crippen LogP contribution in [0.4, 0.5) is 5.69 Å². The number of carbonyl (C=O) groups is 2. The molecule has 8 nitrogen and oxygen atoms in total. The zero-order valence-electron chi connectivity index (χ0n) is 20.4. The van der Waals surface area contributed by atoms with Gasteiger partial charge in [-0.25, -0.2) is 4.79 Å². The number of thiocarbonyl (C=S) groups is 1. The van der Waals surface area contributed by atoms with Gasteiger partial charge in [-0.3, -0.25) is 4.79 Å². The van der Waals surface area contributed by atoms with Gasteiger partial charge in [0.1, 0.15) is 5.75 Å². The van der Waals surface area contributed by atoms with Gasteiger partial charge in [0.2, 0.25) is 0 Å². The van der Waals surface area contributed by atoms with Crippen LogP contribution in [0.15, 0.2) is 59.8 Å². The predicted molar refractivity (Wildman–Crippen MR) is 138 cm³/mol. The van der Waals surface area contributed by atoms with Crippen LogP contribution >= 0.6 is 12.2 Å². The van der Waals surface area contributed by atoms with Crippen molar-refractivity contribution in [1.29, 1.82) is 0 Å². The van der Waals surface area contributed by atoms with Gasteiger partial charge in [0.05, 0.1) is 31.4 Å². The van der Waals surface area contributed by atoms with Crippen LogP contribution in [0, 0.1) is 0 Å². The monoisotopic (exact) mass is 497 g/mol. The number of anilines is 1. The van der Waals surface area contributed by atoms with E-state index in [0.717, 1.165) is 17.7 Å². The quantitative estimate of drug-likeness (QED) is 0.289. The molecular formula is C26H31N3O5S. The normalized spacial score (nSPS) is 15.5. The Labute approximate surface area is 211 Å². The van der Waals surface area contributed by atoms with Gasteiger partial charge in [-0.05, 0) is 74.4 Å². The van der Waals surface area contributed by atoms with E-state index in [2.05, 4.69) is 10.6 Å². The van der Waals surface area contributed by atoms with Crippen molar-refractivity contribution in [1.82, 2.24) is 10.2 Å². The van der Waals surface area contributed by atoms with Crippen LogP contribution in [0.1, 0.15) is 42.2 Å². The van der Waals surface area contributed by atoms with E-state index in [1.54, 1.807) is 55.6 Å². The Kier molecular flexibility index (Phi) is 9.22. The van der Waals surface area contributed by atoms with Gasteiger partial charge < -0.3 is 29.7 Å². The van der Waals surface area contributed by atoms with Crippen LogP contribution in [0.2, 0.25) is 0 Å². The zero-order valence-corrected chi connectivity index (χ0v) is 21.2. The molecule has 0 saturated carbocycles. The average molecular weight is 498 g/mol. The fourth-order valence-corrected chi connectivity index (χ4v) is 4.21. The van der Waals surface area contributed by atoms with Crippen LogP contribution < -0.4 is 15.4 Å². The van der Waals surface area contributed by atoms with Crippen molar-refractivity contribution in [3.8, 4) is 5.75 Å². The largest absolute Gasteiger partial charge is 0.497 e. The molecule has 9 heteroatoms. The Hall–Kier alpha value is -3.43. The summed E-state index contributed by atoms with van der Waals surface area (Å²) in [5, 5.41) is 6.83. The summed E-state index contributed by atoms with van der Waals surface area (Å²) in [5.74, 6) is 0.0278. The fraction of sp³-hybridized carbons (Fsp3) is 0.346. The Balaban J connectivity index is 1.94. The van der Waals surface area contributed by atoms with Crippen LogP contribution in [0.5, 0.6) is 5.75 Å². The summed E-state index contributed by atoms with van der Waals surface area (Å²) < 4.78 is 15.5. The average Bonchev–Trinajstić information content (AvgIpc) is 2.87. The number of allylic oxidation sites excluding steroid dienone is 1. The minimum absolute atomic E-state index is 0.250. The molecule has 0 aromatic heterocycles. The first-order valence-corrected chi connectivity index (χ1v) is 11.8. The number of hydrogen-bond acceptors (Lipinski definition) is 6. The zero-order chi connectivity index (χ0) is 25.4. The van der Waals surface area contributed by atoms with Gasteiger partial charge >= 0.3 is 5.97 Å². The lowest BCUT2D eigenvalue weighted by molar-refractivity contribution is -0.113. The van der Waals surface area contributed by atoms with Crippen molar-refractivity contribution in [3.05, 3.63) is 70.9 Å². The summed E-state index contributed by atoms with van der Waals surface area (Å²) in [7, 11) is 2.93. The maximum atomic E-state index is 13.6. The highest BCUT2D eigenvalue weighted by Crippen LogP contribution is 2.32. The van der Waals surface area contributed by atoms with Crippen molar-refractivity contribution >= 4 is 34.9 Å². The minimum Gasteiger partial charge on any atom is -0.497 e. The van der Waals surface area contributed by atoms with Crippen molar-refractivity contribution < 1.29 is 23.8 Å². The molecule has 3 rings (SSSR count). The molecule has 2 aromatic rings. The van der Waals surface area contributed by atoms with E-state index in [4.69, 9.17) is 26.4 Å². The highest BCUT2D eigenvalue weighted by molar-refractivity contribution is 7.80. The smallest absolute Gasteiger partial charge is 0.337 e. The molecule has 0 bridgehead atoms. The molecule has 1 heterocycles. The summed E-state index contributed by atoms with van der Waals surface area (Å²) in [6.07, 6.45) is 0.763. The van der Waals surface area contributed by atoms with Crippen molar-refractivity contribution in [2.24, 2.45) is 0 Å². The molecule has 0 saturated heterocycles. The van der Waals surface area contributed by atoms with E-state index in [-0.39, 0.29) is 5.91 Å². The maximum Gasteiger partial charge on any atom is 0.337 e. The van der Waals surface area contributed by atoms with Crippen molar-refractivity contribution in [2.45, 2.75) is 26.3 Å². The molecule has 2 N–H and O–H groups in total. The molecule has 2 aromatic carbocycles. The predicted octanol–water partition coefficient (Wildman–Crippen LogP) is 4.05. The summed E-state index contributed by atoms with van der Waals surface area (Å²) in [6, 6.07) is 13.6. The first-order chi connectivity index (χ1) is 16.9. The molecule has 1 amide bonds. The van der Waals surface area contributed by atoms with Crippen LogP contribution in [-0.2, 0) is 14.3 Å². The number of ether oxygens (including phenoxy) is 3. The van der Waals surface area contributed by atoms with Crippen molar-refractivity contribution in [3.63, 3.8) is 0 Å². The molecule has 1 aliphatic heterocycles. The van der Waals surface area contributed by atoms with Crippen LogP contribution in [0.3, 0.4) is 0 Å². The Bertz CT molecular complexity index is 1080. The van der Waals surface area contributed by atoms with E-state index < -0.39 is 12.0 Å². The molecule has 186 valence electrons. The van der Waals surface area contributed by atoms with E-state index in [0.29, 0.717) is 47.4 Å². The third-order valence-electron chi connectivity index (χ3n) is 5.73. The van der Waals surface area contributed by atoms with Gasteiger partial charge in [-0.15, -0.1) is 0 Å². The lowest BCUT2D eigenvalue weighted by Crippen LogP contribution is -2.48. The SMILES string of the molecule is CCOCCCN1C(=S)NC(c2ccc(C(=O)OC)cc2)C(C(=O)Nc2ccc(OC)cc2)=C1C. The first-order valence-electron chi connectivity index (χ1n) is 11.4. The van der Waals surface area contributed by atoms with Gasteiger partial charge in [0, 0.05) is 31.1 Å². The maximum absolute atomic E-state index is 13.6. The van der Waals surface area contributed by atoms with Gasteiger partial charge in [0.15, 0.2) is 5.11 Å². The van der Waals surface area contributed by atoms with E-state index in [1.807, 2.05) is 18.7 Å². The Morgan fingerprint density at radius 1 is 1.09 bits per heavy atom. The molecule has 0 spiro atoms. The van der Waals surface area contributed by atoms with Gasteiger partial charge in [-0.2, -0.15) is 0 Å². The van der Waals surface area contributed by atoms with Crippen molar-refractivity contribution in [2.75, 3.05) is 39.3 Å². The van der Waals surface area contributed by atoms with E-state index in [9.17, 15) is 9.59 Å². The number of benzene rings is 2. The molecular weight excluding hydrogens is 466 g/mol. The molecule has 0 radical (unpaired) electrons. The number of amides is 1. The highest BCUT2D eigenvalue weighted by Gasteiger charge is 2.34. The minimum atomic E-state index is -0.490. The Morgan fingerprint density at radius 2 is 1.77 bits per heavy atom. The fourth-order valence-electron chi connectivity index (χ4n) is 3.87. The molecule has 1 atom stereocenters. The number of carbonyl (C=O) groups excluding carboxylic acids is 2. The number of methoxy groups -OCH3 is 2. The third-order valence-corrected chi connectivity index (χ3v) is 6.07. The molecule has 1 aliphatic rings. The second kappa shape index (κ2) is 12.3. The number of esters is 1. The third kappa shape index (κ3) is 6.37.